The normalized spacial score (nSPS) is 15.4. The Morgan fingerprint density at radius 2 is 1.67 bits per heavy atom. The predicted octanol–water partition coefficient (Wildman–Crippen LogP) is 7.26. The SMILES string of the molecule is CN1CCc2cc(C(=O)Nc3c(N)cc(F)cc3F)oc2-c2ccc(F)cc21.Cc1cnc(N2CC3(CCOCC3)C2)c(C(=O)Nc2ccc(C=O)cc2)c1. The third-order valence-electron chi connectivity index (χ3n) is 10.1. The van der Waals surface area contributed by atoms with E-state index < -0.39 is 17.5 Å². The molecule has 0 atom stereocenters. The fourth-order valence-corrected chi connectivity index (χ4v) is 7.13. The largest absolute Gasteiger partial charge is 0.451 e. The molecule has 0 aliphatic carbocycles. The minimum absolute atomic E-state index is 0.0482. The van der Waals surface area contributed by atoms with Crippen LogP contribution in [-0.4, -0.2) is 63.0 Å². The zero-order chi connectivity index (χ0) is 38.9. The number of pyridine rings is 1. The number of benzene rings is 3. The van der Waals surface area contributed by atoms with E-state index in [1.54, 1.807) is 42.6 Å². The highest BCUT2D eigenvalue weighted by molar-refractivity contribution is 6.08. The van der Waals surface area contributed by atoms with Crippen molar-refractivity contribution in [1.82, 2.24) is 4.98 Å². The number of aromatic nitrogens is 1. The van der Waals surface area contributed by atoms with Crippen LogP contribution in [0.4, 0.5) is 41.7 Å². The summed E-state index contributed by atoms with van der Waals surface area (Å²) in [6.45, 7) is 6.01. The van der Waals surface area contributed by atoms with Crippen LogP contribution in [0.2, 0.25) is 0 Å². The third-order valence-corrected chi connectivity index (χ3v) is 10.1. The number of aryl methyl sites for hydroxylation is 1. The maximum absolute atomic E-state index is 13.9. The zero-order valence-corrected chi connectivity index (χ0v) is 30.3. The van der Waals surface area contributed by atoms with E-state index in [1.165, 1.54) is 12.1 Å². The molecule has 2 amide bonds. The number of carbonyl (C=O) groups is 3. The lowest BCUT2D eigenvalue weighted by molar-refractivity contribution is -0.000511. The van der Waals surface area contributed by atoms with Crippen LogP contribution in [-0.2, 0) is 11.2 Å². The monoisotopic (exact) mass is 752 g/mol. The smallest absolute Gasteiger partial charge is 0.291 e. The van der Waals surface area contributed by atoms with Gasteiger partial charge in [0.05, 0.1) is 16.9 Å². The molecule has 2 fully saturated rings. The summed E-state index contributed by atoms with van der Waals surface area (Å²) in [5.74, 6) is -1.96. The Bertz CT molecular complexity index is 2240. The van der Waals surface area contributed by atoms with E-state index in [0.29, 0.717) is 58.3 Å². The van der Waals surface area contributed by atoms with Crippen molar-refractivity contribution >= 4 is 46.7 Å². The molecule has 11 nitrogen and oxygen atoms in total. The van der Waals surface area contributed by atoms with Crippen molar-refractivity contribution in [3.8, 4) is 11.3 Å². The average Bonchev–Trinajstić information content (AvgIpc) is 3.54. The maximum Gasteiger partial charge on any atom is 0.291 e. The van der Waals surface area contributed by atoms with Crippen LogP contribution >= 0.6 is 0 Å². The Morgan fingerprint density at radius 1 is 0.927 bits per heavy atom. The van der Waals surface area contributed by atoms with Gasteiger partial charge in [0.25, 0.3) is 11.8 Å². The van der Waals surface area contributed by atoms with Gasteiger partial charge >= 0.3 is 0 Å². The third kappa shape index (κ3) is 7.90. The minimum Gasteiger partial charge on any atom is -0.451 e. The Kier molecular flexibility index (Phi) is 10.3. The van der Waals surface area contributed by atoms with Crippen LogP contribution in [0, 0.1) is 29.8 Å². The Labute approximate surface area is 315 Å². The molecule has 0 radical (unpaired) electrons. The summed E-state index contributed by atoms with van der Waals surface area (Å²) in [7, 11) is 1.85. The number of nitrogen functional groups attached to an aromatic ring is 1. The van der Waals surface area contributed by atoms with Crippen molar-refractivity contribution in [3.63, 3.8) is 0 Å². The van der Waals surface area contributed by atoms with E-state index >= 15 is 0 Å². The number of ether oxygens (including phenoxy) is 1. The van der Waals surface area contributed by atoms with Crippen LogP contribution in [0.15, 0.2) is 77.3 Å². The topological polar surface area (TPSA) is 143 Å². The first-order valence-corrected chi connectivity index (χ1v) is 17.8. The number of carbonyl (C=O) groups excluding carboxylic acids is 3. The number of hydrogen-bond donors (Lipinski definition) is 3. The van der Waals surface area contributed by atoms with Crippen molar-refractivity contribution in [2.75, 3.05) is 66.1 Å². The lowest BCUT2D eigenvalue weighted by atomic mass is 9.73. The first-order valence-electron chi connectivity index (χ1n) is 17.8. The first kappa shape index (κ1) is 37.2. The van der Waals surface area contributed by atoms with E-state index in [0.717, 1.165) is 68.4 Å². The number of hydrogen-bond acceptors (Lipinski definition) is 9. The fourth-order valence-electron chi connectivity index (χ4n) is 7.13. The number of rotatable bonds is 6. The summed E-state index contributed by atoms with van der Waals surface area (Å²) in [6, 6.07) is 16.1. The van der Waals surface area contributed by atoms with Gasteiger partial charge in [-0.05, 0) is 92.4 Å². The molecular weight excluding hydrogens is 713 g/mol. The molecule has 4 N–H and O–H groups in total. The van der Waals surface area contributed by atoms with Crippen molar-refractivity contribution in [1.29, 1.82) is 0 Å². The molecule has 3 aromatic carbocycles. The van der Waals surface area contributed by atoms with Crippen LogP contribution in [0.3, 0.4) is 0 Å². The number of nitrogens with one attached hydrogen (secondary N) is 2. The van der Waals surface area contributed by atoms with Gasteiger partial charge < -0.3 is 35.3 Å². The minimum atomic E-state index is -0.985. The van der Waals surface area contributed by atoms with Gasteiger partial charge in [0, 0.05) is 80.0 Å². The van der Waals surface area contributed by atoms with E-state index in [1.807, 2.05) is 24.9 Å². The van der Waals surface area contributed by atoms with Crippen LogP contribution in [0.25, 0.3) is 11.3 Å². The summed E-state index contributed by atoms with van der Waals surface area (Å²) in [4.78, 5) is 44.9. The summed E-state index contributed by atoms with van der Waals surface area (Å²) < 4.78 is 52.0. The summed E-state index contributed by atoms with van der Waals surface area (Å²) in [5.41, 5.74) is 10.2. The van der Waals surface area contributed by atoms with Gasteiger partial charge in [-0.2, -0.15) is 0 Å². The molecule has 0 bridgehead atoms. The molecular formula is C41H39F3N6O5. The highest BCUT2D eigenvalue weighted by atomic mass is 19.1. The van der Waals surface area contributed by atoms with E-state index in [4.69, 9.17) is 14.9 Å². The van der Waals surface area contributed by atoms with Gasteiger partial charge in [-0.25, -0.2) is 18.2 Å². The quantitative estimate of drug-likeness (QED) is 0.121. The summed E-state index contributed by atoms with van der Waals surface area (Å²) in [5, 5.41) is 5.23. The number of amides is 2. The molecule has 0 unspecified atom stereocenters. The number of halogens is 3. The average molecular weight is 753 g/mol. The number of fused-ring (bicyclic) bond motifs is 3. The predicted molar refractivity (Wildman–Crippen MR) is 203 cm³/mol. The molecule has 5 aromatic rings. The Balaban J connectivity index is 0.000000169. The van der Waals surface area contributed by atoms with Crippen molar-refractivity contribution in [2.24, 2.45) is 5.41 Å². The Morgan fingerprint density at radius 3 is 2.38 bits per heavy atom. The van der Waals surface area contributed by atoms with Crippen molar-refractivity contribution in [3.05, 3.63) is 118 Å². The number of nitrogens with zero attached hydrogens (tertiary/aromatic N) is 3. The molecule has 2 saturated heterocycles. The van der Waals surface area contributed by atoms with Crippen LogP contribution in [0.5, 0.6) is 0 Å². The molecule has 284 valence electrons. The second-order valence-corrected chi connectivity index (χ2v) is 14.2. The van der Waals surface area contributed by atoms with Crippen LogP contribution in [0.1, 0.15) is 55.2 Å². The van der Waals surface area contributed by atoms with E-state index in [9.17, 15) is 27.6 Å². The van der Waals surface area contributed by atoms with E-state index in [-0.39, 0.29) is 28.9 Å². The summed E-state index contributed by atoms with van der Waals surface area (Å²) in [6.07, 6.45) is 5.30. The second kappa shape index (κ2) is 15.3. The lowest BCUT2D eigenvalue weighted by Crippen LogP contribution is -2.59. The van der Waals surface area contributed by atoms with Crippen LogP contribution < -0.4 is 26.2 Å². The van der Waals surface area contributed by atoms with Gasteiger partial charge in [0.1, 0.15) is 35.2 Å². The first-order chi connectivity index (χ1) is 26.4. The molecule has 0 saturated carbocycles. The molecule has 5 heterocycles. The van der Waals surface area contributed by atoms with Gasteiger partial charge in [-0.3, -0.25) is 14.4 Å². The number of likely N-dealkylation sites (N-methyl/N-ethyl adjacent to an activating group) is 1. The standard InChI is InChI=1S/C21H23N3O3.C20H16F3N3O2/c1-15-10-18(20(26)23-17-4-2-16(12-25)3-5-17)19(22-11-15)24-13-21(14-24)6-8-27-9-7-21;1-26-5-4-10-6-17(28-19(10)13-3-2-11(21)9-16(13)26)20(27)25-18-14(23)7-12(22)8-15(18)24/h2-5,10-12H,6-9,13-14H2,1H3,(H,23,26);2-3,6-9H,4-5,24H2,1H3,(H,25,27). The fraction of sp³-hybridized carbons (Fsp3) is 0.268. The second-order valence-electron chi connectivity index (χ2n) is 14.2. The molecule has 1 spiro atoms. The number of furan rings is 1. The molecule has 8 rings (SSSR count). The highest BCUT2D eigenvalue weighted by Crippen LogP contribution is 2.43. The number of nitrogens with two attached hydrogens (primary N) is 1. The van der Waals surface area contributed by atoms with Crippen molar-refractivity contribution in [2.45, 2.75) is 26.2 Å². The molecule has 2 aromatic heterocycles. The van der Waals surface area contributed by atoms with Gasteiger partial charge in [-0.1, -0.05) is 0 Å². The Hall–Kier alpha value is -6.15. The van der Waals surface area contributed by atoms with Gasteiger partial charge in [-0.15, -0.1) is 0 Å². The lowest BCUT2D eigenvalue weighted by Gasteiger charge is -2.53. The van der Waals surface area contributed by atoms with Gasteiger partial charge in [0.2, 0.25) is 0 Å². The maximum atomic E-state index is 13.9. The molecule has 55 heavy (non-hydrogen) atoms. The number of aldehydes is 1. The number of anilines is 5. The molecule has 3 aliphatic rings. The van der Waals surface area contributed by atoms with E-state index in [2.05, 4.69) is 20.5 Å². The summed E-state index contributed by atoms with van der Waals surface area (Å²) >= 11 is 0. The highest BCUT2D eigenvalue weighted by Gasteiger charge is 2.45. The molecule has 3 aliphatic heterocycles. The zero-order valence-electron chi connectivity index (χ0n) is 30.3. The van der Waals surface area contributed by atoms with Crippen molar-refractivity contribution < 1.29 is 36.7 Å². The van der Waals surface area contributed by atoms with Gasteiger partial charge in [0.15, 0.2) is 11.6 Å². The molecule has 14 heteroatoms.